The lowest BCUT2D eigenvalue weighted by Gasteiger charge is -2.31. The number of carbonyl (C=O) groups excluding carboxylic acids is 2. The van der Waals surface area contributed by atoms with Crippen LogP contribution in [0.15, 0.2) is 0 Å². The quantitative estimate of drug-likeness (QED) is 0.847. The van der Waals surface area contributed by atoms with Gasteiger partial charge in [-0.25, -0.2) is 9.78 Å². The number of fused-ring (bicyclic) bond motifs is 1. The number of amides is 2. The van der Waals surface area contributed by atoms with Gasteiger partial charge in [-0.3, -0.25) is 4.79 Å². The van der Waals surface area contributed by atoms with E-state index in [1.165, 1.54) is 4.90 Å². The predicted molar refractivity (Wildman–Crippen MR) is 72.4 cm³/mol. The van der Waals surface area contributed by atoms with Crippen LogP contribution in [0.4, 0.5) is 18.0 Å². The number of hydrogen-bond donors (Lipinski definition) is 1. The molecule has 0 radical (unpaired) electrons. The molecule has 0 fully saturated rings. The molecule has 1 aliphatic heterocycles. The highest BCUT2D eigenvalue weighted by Gasteiger charge is 2.41. The van der Waals surface area contributed by atoms with Crippen LogP contribution in [0.2, 0.25) is 0 Å². The molecule has 0 unspecified atom stereocenters. The second-order valence-corrected chi connectivity index (χ2v) is 6.15. The van der Waals surface area contributed by atoms with Gasteiger partial charge >= 0.3 is 12.3 Å². The zero-order valence-corrected chi connectivity index (χ0v) is 12.9. The summed E-state index contributed by atoms with van der Waals surface area (Å²) in [6, 6.07) is 0. The molecule has 1 aromatic heterocycles. The molecule has 2 N–H and O–H groups in total. The van der Waals surface area contributed by atoms with Gasteiger partial charge in [0, 0.05) is 13.1 Å². The van der Waals surface area contributed by atoms with Crippen LogP contribution in [0.1, 0.15) is 42.8 Å². The Labute approximate surface area is 130 Å². The third-order valence-corrected chi connectivity index (χ3v) is 3.15. The van der Waals surface area contributed by atoms with Gasteiger partial charge in [0.2, 0.25) is 5.82 Å². The van der Waals surface area contributed by atoms with E-state index in [9.17, 15) is 22.8 Å². The van der Waals surface area contributed by atoms with Gasteiger partial charge < -0.3 is 19.9 Å². The average Bonchev–Trinajstić information content (AvgIpc) is 2.74. The Hall–Kier alpha value is -2.26. The van der Waals surface area contributed by atoms with Crippen molar-refractivity contribution in [3.05, 3.63) is 17.2 Å². The molecule has 128 valence electrons. The van der Waals surface area contributed by atoms with Crippen LogP contribution >= 0.6 is 0 Å². The van der Waals surface area contributed by atoms with Crippen LogP contribution in [-0.2, 0) is 24.0 Å². The molecule has 0 atom stereocenters. The number of aromatic nitrogens is 2. The molecule has 0 bridgehead atoms. The van der Waals surface area contributed by atoms with Crippen LogP contribution in [0.25, 0.3) is 0 Å². The van der Waals surface area contributed by atoms with E-state index >= 15 is 0 Å². The van der Waals surface area contributed by atoms with Crippen LogP contribution in [0.3, 0.4) is 0 Å². The van der Waals surface area contributed by atoms with Gasteiger partial charge in [0.05, 0.1) is 12.2 Å². The fourth-order valence-corrected chi connectivity index (χ4v) is 2.26. The molecular weight excluding hydrogens is 317 g/mol. The largest absolute Gasteiger partial charge is 0.449 e. The van der Waals surface area contributed by atoms with E-state index < -0.39 is 35.3 Å². The fourth-order valence-electron chi connectivity index (χ4n) is 2.26. The molecule has 0 saturated carbocycles. The Morgan fingerprint density at radius 1 is 1.22 bits per heavy atom. The van der Waals surface area contributed by atoms with E-state index in [-0.39, 0.29) is 25.3 Å². The molecule has 7 nitrogen and oxygen atoms in total. The lowest BCUT2D eigenvalue weighted by Crippen LogP contribution is -2.42. The number of hydrogen-bond acceptors (Lipinski definition) is 4. The first-order valence-electron chi connectivity index (χ1n) is 6.84. The highest BCUT2D eigenvalue weighted by molar-refractivity contribution is 5.92. The highest BCUT2D eigenvalue weighted by atomic mass is 19.4. The molecule has 2 amide bonds. The van der Waals surface area contributed by atoms with Crippen molar-refractivity contribution in [3.63, 3.8) is 0 Å². The lowest BCUT2D eigenvalue weighted by molar-refractivity contribution is -0.147. The highest BCUT2D eigenvalue weighted by Crippen LogP contribution is 2.32. The molecule has 2 rings (SSSR count). The maximum atomic E-state index is 13.0. The maximum absolute atomic E-state index is 13.0. The number of ether oxygens (including phenoxy) is 1. The predicted octanol–water partition coefficient (Wildman–Crippen LogP) is 1.75. The normalized spacial score (nSPS) is 15.3. The van der Waals surface area contributed by atoms with Crippen molar-refractivity contribution in [2.24, 2.45) is 5.73 Å². The van der Waals surface area contributed by atoms with Gasteiger partial charge in [0.1, 0.15) is 5.60 Å². The molecule has 2 heterocycles. The summed E-state index contributed by atoms with van der Waals surface area (Å²) in [6.45, 7) is 4.67. The molecule has 0 aromatic carbocycles. The van der Waals surface area contributed by atoms with Crippen molar-refractivity contribution in [1.82, 2.24) is 14.5 Å². The third kappa shape index (κ3) is 3.57. The fraction of sp³-hybridized carbons (Fsp3) is 0.615. The van der Waals surface area contributed by atoms with Crippen molar-refractivity contribution in [2.75, 3.05) is 6.54 Å². The first kappa shape index (κ1) is 17.1. The van der Waals surface area contributed by atoms with Gasteiger partial charge in [0.25, 0.3) is 5.91 Å². The second-order valence-electron chi connectivity index (χ2n) is 6.15. The zero-order chi connectivity index (χ0) is 17.6. The van der Waals surface area contributed by atoms with Gasteiger partial charge in [0.15, 0.2) is 5.69 Å². The van der Waals surface area contributed by atoms with Crippen molar-refractivity contribution in [1.29, 1.82) is 0 Å². The Bertz CT molecular complexity index is 646. The number of primary amides is 1. The van der Waals surface area contributed by atoms with Crippen molar-refractivity contribution in [3.8, 4) is 0 Å². The number of halogens is 3. The number of nitrogens with two attached hydrogens (primary N) is 1. The first-order valence-corrected chi connectivity index (χ1v) is 6.84. The standard InChI is InChI=1S/C13H17F3N4O3/c1-12(2,3)23-11(22)19-4-5-20-7(6-19)8(9(17)21)18-10(20)13(14,15)16/h4-6H2,1-3H3,(H2,17,21). The Kier molecular flexibility index (Phi) is 4.03. The number of carbonyl (C=O) groups is 2. The molecular formula is C13H17F3N4O3. The summed E-state index contributed by atoms with van der Waals surface area (Å²) in [4.78, 5) is 27.9. The van der Waals surface area contributed by atoms with Crippen molar-refractivity contribution >= 4 is 12.0 Å². The lowest BCUT2D eigenvalue weighted by atomic mass is 10.2. The number of rotatable bonds is 1. The van der Waals surface area contributed by atoms with Gasteiger partial charge in [-0.1, -0.05) is 0 Å². The minimum Gasteiger partial charge on any atom is -0.444 e. The molecule has 10 heteroatoms. The summed E-state index contributed by atoms with van der Waals surface area (Å²) < 4.78 is 45.0. The summed E-state index contributed by atoms with van der Waals surface area (Å²) in [5.41, 5.74) is 3.84. The molecule has 0 spiro atoms. The summed E-state index contributed by atoms with van der Waals surface area (Å²) in [7, 11) is 0. The molecule has 0 aliphatic carbocycles. The topological polar surface area (TPSA) is 90.4 Å². The zero-order valence-electron chi connectivity index (χ0n) is 12.9. The minimum atomic E-state index is -4.71. The van der Waals surface area contributed by atoms with Crippen LogP contribution in [0, 0.1) is 0 Å². The smallest absolute Gasteiger partial charge is 0.444 e. The van der Waals surface area contributed by atoms with Gasteiger partial charge in [-0.2, -0.15) is 13.2 Å². The molecule has 1 aliphatic rings. The Morgan fingerprint density at radius 3 is 2.30 bits per heavy atom. The van der Waals surface area contributed by atoms with Crippen molar-refractivity contribution < 1.29 is 27.5 Å². The number of imidazole rings is 1. The van der Waals surface area contributed by atoms with E-state index in [1.54, 1.807) is 20.8 Å². The van der Waals surface area contributed by atoms with Gasteiger partial charge in [-0.15, -0.1) is 0 Å². The van der Waals surface area contributed by atoms with E-state index in [0.717, 1.165) is 4.57 Å². The Morgan fingerprint density at radius 2 is 1.83 bits per heavy atom. The van der Waals surface area contributed by atoms with E-state index in [2.05, 4.69) is 4.98 Å². The summed E-state index contributed by atoms with van der Waals surface area (Å²) in [5.74, 6) is -2.26. The van der Waals surface area contributed by atoms with Crippen LogP contribution in [0.5, 0.6) is 0 Å². The first-order chi connectivity index (χ1) is 10.4. The molecule has 1 aromatic rings. The van der Waals surface area contributed by atoms with Crippen molar-refractivity contribution in [2.45, 2.75) is 45.6 Å². The summed E-state index contributed by atoms with van der Waals surface area (Å²) in [5, 5.41) is 0. The van der Waals surface area contributed by atoms with E-state index in [1.807, 2.05) is 0 Å². The number of nitrogens with zero attached hydrogens (tertiary/aromatic N) is 3. The Balaban J connectivity index is 2.35. The van der Waals surface area contributed by atoms with Gasteiger partial charge in [-0.05, 0) is 20.8 Å². The number of alkyl halides is 3. The minimum absolute atomic E-state index is 0.0134. The summed E-state index contributed by atoms with van der Waals surface area (Å²) in [6.07, 6.45) is -5.38. The maximum Gasteiger partial charge on any atom is 0.449 e. The second kappa shape index (κ2) is 5.43. The third-order valence-electron chi connectivity index (χ3n) is 3.15. The van der Waals surface area contributed by atoms with Crippen LogP contribution in [-0.4, -0.2) is 38.6 Å². The monoisotopic (exact) mass is 334 g/mol. The van der Waals surface area contributed by atoms with E-state index in [0.29, 0.717) is 0 Å². The average molecular weight is 334 g/mol. The molecule has 0 saturated heterocycles. The summed E-state index contributed by atoms with van der Waals surface area (Å²) >= 11 is 0. The molecule has 23 heavy (non-hydrogen) atoms. The SMILES string of the molecule is CC(C)(C)OC(=O)N1CCn2c(C(F)(F)F)nc(C(N)=O)c2C1. The van der Waals surface area contributed by atoms with E-state index in [4.69, 9.17) is 10.5 Å². The van der Waals surface area contributed by atoms with Crippen LogP contribution < -0.4 is 5.73 Å².